The number of hydrogen-bond acceptors (Lipinski definition) is 4. The molecule has 0 aliphatic carbocycles. The van der Waals surface area contributed by atoms with Crippen molar-refractivity contribution in [2.24, 2.45) is 0 Å². The average Bonchev–Trinajstić information content (AvgIpc) is 2.90. The van der Waals surface area contributed by atoms with Gasteiger partial charge in [-0.3, -0.25) is 4.79 Å². The first kappa shape index (κ1) is 15.4. The van der Waals surface area contributed by atoms with E-state index in [1.165, 1.54) is 9.75 Å². The Hall–Kier alpha value is -2.01. The van der Waals surface area contributed by atoms with E-state index in [4.69, 9.17) is 10.5 Å². The molecule has 0 radical (unpaired) electrons. The Morgan fingerprint density at radius 1 is 1.33 bits per heavy atom. The van der Waals surface area contributed by atoms with Gasteiger partial charge in [-0.25, -0.2) is 0 Å². The molecule has 0 aliphatic rings. The second-order valence-corrected chi connectivity index (χ2v) is 6.35. The Kier molecular flexibility index (Phi) is 4.53. The maximum Gasteiger partial charge on any atom is 0.254 e. The molecule has 0 spiro atoms. The van der Waals surface area contributed by atoms with Gasteiger partial charge in [-0.15, -0.1) is 11.3 Å². The van der Waals surface area contributed by atoms with Gasteiger partial charge in [0.1, 0.15) is 5.75 Å². The normalized spacial score (nSPS) is 12.0. The van der Waals surface area contributed by atoms with Gasteiger partial charge in [0.2, 0.25) is 0 Å². The zero-order valence-corrected chi connectivity index (χ0v) is 13.5. The molecule has 1 heterocycles. The largest absolute Gasteiger partial charge is 0.497 e. The molecule has 1 aromatic heterocycles. The van der Waals surface area contributed by atoms with E-state index in [2.05, 4.69) is 19.1 Å². The summed E-state index contributed by atoms with van der Waals surface area (Å²) in [5.41, 5.74) is 6.87. The third-order valence-corrected chi connectivity index (χ3v) is 4.66. The van der Waals surface area contributed by atoms with Gasteiger partial charge in [-0.1, -0.05) is 0 Å². The number of rotatable bonds is 4. The third kappa shape index (κ3) is 3.36. The summed E-state index contributed by atoms with van der Waals surface area (Å²) in [5, 5.41) is 0. The first-order valence-corrected chi connectivity index (χ1v) is 7.52. The number of carbonyl (C=O) groups is 1. The summed E-state index contributed by atoms with van der Waals surface area (Å²) in [5.74, 6) is 0.519. The van der Waals surface area contributed by atoms with Crippen molar-refractivity contribution >= 4 is 22.9 Å². The van der Waals surface area contributed by atoms with Crippen molar-refractivity contribution in [2.45, 2.75) is 19.9 Å². The van der Waals surface area contributed by atoms with Crippen LogP contribution in [0.5, 0.6) is 5.75 Å². The molecule has 1 atom stereocenters. The second-order valence-electron chi connectivity index (χ2n) is 5.04. The van der Waals surface area contributed by atoms with Crippen molar-refractivity contribution in [1.29, 1.82) is 0 Å². The molecule has 1 amide bonds. The van der Waals surface area contributed by atoms with Gasteiger partial charge in [-0.2, -0.15) is 0 Å². The number of anilines is 1. The Morgan fingerprint density at radius 2 is 2.05 bits per heavy atom. The van der Waals surface area contributed by atoms with E-state index in [1.54, 1.807) is 48.6 Å². The van der Waals surface area contributed by atoms with Crippen molar-refractivity contribution in [2.75, 3.05) is 19.9 Å². The highest BCUT2D eigenvalue weighted by Crippen LogP contribution is 2.28. The van der Waals surface area contributed by atoms with Crippen molar-refractivity contribution in [3.05, 3.63) is 45.6 Å². The van der Waals surface area contributed by atoms with Gasteiger partial charge in [0.05, 0.1) is 13.2 Å². The summed E-state index contributed by atoms with van der Waals surface area (Å²) in [6.07, 6.45) is 0. The van der Waals surface area contributed by atoms with Crippen LogP contribution in [0.4, 0.5) is 5.69 Å². The topological polar surface area (TPSA) is 55.6 Å². The molecule has 5 heteroatoms. The van der Waals surface area contributed by atoms with Gasteiger partial charge < -0.3 is 15.4 Å². The van der Waals surface area contributed by atoms with Crippen LogP contribution in [-0.4, -0.2) is 25.0 Å². The smallest absolute Gasteiger partial charge is 0.254 e. The number of thiophene rings is 1. The number of methoxy groups -OCH3 is 1. The second kappa shape index (κ2) is 6.18. The van der Waals surface area contributed by atoms with Crippen LogP contribution < -0.4 is 10.5 Å². The lowest BCUT2D eigenvalue weighted by Crippen LogP contribution is -2.29. The highest BCUT2D eigenvalue weighted by Gasteiger charge is 2.20. The lowest BCUT2D eigenvalue weighted by molar-refractivity contribution is 0.0744. The first-order chi connectivity index (χ1) is 9.92. The maximum atomic E-state index is 12.6. The fourth-order valence-electron chi connectivity index (χ4n) is 2.11. The molecule has 2 aromatic rings. The quantitative estimate of drug-likeness (QED) is 0.880. The van der Waals surface area contributed by atoms with E-state index < -0.39 is 0 Å². The Labute approximate surface area is 129 Å². The highest BCUT2D eigenvalue weighted by atomic mass is 32.1. The van der Waals surface area contributed by atoms with Crippen LogP contribution in [0.3, 0.4) is 0 Å². The lowest BCUT2D eigenvalue weighted by atomic mass is 10.1. The SMILES string of the molecule is COc1cc(N)cc(C(=O)N(C)C(C)c2ccc(C)s2)c1. The van der Waals surface area contributed by atoms with Crippen molar-refractivity contribution in [3.63, 3.8) is 0 Å². The zero-order valence-electron chi connectivity index (χ0n) is 12.7. The molecule has 0 saturated heterocycles. The average molecular weight is 304 g/mol. The summed E-state index contributed by atoms with van der Waals surface area (Å²) in [4.78, 5) is 16.7. The van der Waals surface area contributed by atoms with Crippen LogP contribution >= 0.6 is 11.3 Å². The summed E-state index contributed by atoms with van der Waals surface area (Å²) in [6.45, 7) is 4.08. The van der Waals surface area contributed by atoms with Crippen molar-refractivity contribution in [3.8, 4) is 5.75 Å². The molecule has 0 aliphatic heterocycles. The van der Waals surface area contributed by atoms with Crippen molar-refractivity contribution < 1.29 is 9.53 Å². The molecule has 0 saturated carbocycles. The number of nitrogens with zero attached hydrogens (tertiary/aromatic N) is 1. The summed E-state index contributed by atoms with van der Waals surface area (Å²) in [6, 6.07) is 9.23. The van der Waals surface area contributed by atoms with Gasteiger partial charge in [-0.05, 0) is 38.1 Å². The highest BCUT2D eigenvalue weighted by molar-refractivity contribution is 7.12. The van der Waals surface area contributed by atoms with E-state index in [9.17, 15) is 4.79 Å². The van der Waals surface area contributed by atoms with E-state index >= 15 is 0 Å². The van der Waals surface area contributed by atoms with E-state index in [0.717, 1.165) is 0 Å². The van der Waals surface area contributed by atoms with Crippen LogP contribution in [0.15, 0.2) is 30.3 Å². The number of benzene rings is 1. The molecule has 1 unspecified atom stereocenters. The van der Waals surface area contributed by atoms with Gasteiger partial charge >= 0.3 is 0 Å². The zero-order chi connectivity index (χ0) is 15.6. The maximum absolute atomic E-state index is 12.6. The fraction of sp³-hybridized carbons (Fsp3) is 0.312. The minimum absolute atomic E-state index is 0.0172. The molecule has 2 rings (SSSR count). The Bertz CT molecular complexity index is 651. The van der Waals surface area contributed by atoms with Crippen LogP contribution in [0.1, 0.15) is 33.1 Å². The molecule has 21 heavy (non-hydrogen) atoms. The minimum Gasteiger partial charge on any atom is -0.497 e. The van der Waals surface area contributed by atoms with E-state index in [1.807, 2.05) is 6.92 Å². The summed E-state index contributed by atoms with van der Waals surface area (Å²) < 4.78 is 5.17. The molecule has 2 N–H and O–H groups in total. The standard InChI is InChI=1S/C16H20N2O2S/c1-10-5-6-15(21-10)11(2)18(3)16(19)12-7-13(17)9-14(8-12)20-4/h5-9,11H,17H2,1-4H3. The Morgan fingerprint density at radius 3 is 2.62 bits per heavy atom. The van der Waals surface area contributed by atoms with E-state index in [-0.39, 0.29) is 11.9 Å². The summed E-state index contributed by atoms with van der Waals surface area (Å²) >= 11 is 1.70. The first-order valence-electron chi connectivity index (χ1n) is 6.70. The molecular weight excluding hydrogens is 284 g/mol. The van der Waals surface area contributed by atoms with Gasteiger partial charge in [0.15, 0.2) is 0 Å². The van der Waals surface area contributed by atoms with Crippen molar-refractivity contribution in [1.82, 2.24) is 4.90 Å². The number of nitrogen functional groups attached to an aromatic ring is 1. The van der Waals surface area contributed by atoms with E-state index in [0.29, 0.717) is 17.0 Å². The molecule has 0 fully saturated rings. The number of aryl methyl sites for hydroxylation is 1. The van der Waals surface area contributed by atoms with Crippen LogP contribution in [-0.2, 0) is 0 Å². The Balaban J connectivity index is 2.24. The molecule has 112 valence electrons. The molecule has 1 aromatic carbocycles. The number of ether oxygens (including phenoxy) is 1. The number of carbonyl (C=O) groups excluding carboxylic acids is 1. The number of hydrogen-bond donors (Lipinski definition) is 1. The minimum atomic E-state index is -0.0702. The van der Waals surface area contributed by atoms with Crippen LogP contribution in [0.25, 0.3) is 0 Å². The molecular formula is C16H20N2O2S. The van der Waals surface area contributed by atoms with Gasteiger partial charge in [0.25, 0.3) is 5.91 Å². The number of nitrogens with two attached hydrogens (primary N) is 1. The summed E-state index contributed by atoms with van der Waals surface area (Å²) in [7, 11) is 3.36. The lowest BCUT2D eigenvalue weighted by Gasteiger charge is -2.24. The predicted molar refractivity (Wildman–Crippen MR) is 87.0 cm³/mol. The van der Waals surface area contributed by atoms with Gasteiger partial charge in [0, 0.05) is 34.1 Å². The van der Waals surface area contributed by atoms with Crippen LogP contribution in [0.2, 0.25) is 0 Å². The molecule has 4 nitrogen and oxygen atoms in total. The molecule has 0 bridgehead atoms. The monoisotopic (exact) mass is 304 g/mol. The fourth-order valence-corrected chi connectivity index (χ4v) is 3.08. The third-order valence-electron chi connectivity index (χ3n) is 3.49. The number of amides is 1. The predicted octanol–water partition coefficient (Wildman–Crippen LogP) is 3.48. The van der Waals surface area contributed by atoms with Crippen LogP contribution in [0, 0.1) is 6.92 Å².